The van der Waals surface area contributed by atoms with Crippen molar-refractivity contribution in [3.05, 3.63) is 59.7 Å². The molecule has 1 amide bonds. The number of methoxy groups -OCH3 is 1. The molecule has 1 aromatic heterocycles. The second-order valence-corrected chi connectivity index (χ2v) is 4.37. The fraction of sp³-hybridized carbons (Fsp3) is 0.200. The van der Waals surface area contributed by atoms with Gasteiger partial charge in [0, 0.05) is 12.7 Å². The number of aliphatic hydroxyl groups excluding tert-OH is 1. The zero-order valence-electron chi connectivity index (χ0n) is 11.4. The van der Waals surface area contributed by atoms with Gasteiger partial charge in [-0.15, -0.1) is 0 Å². The molecule has 0 saturated heterocycles. The van der Waals surface area contributed by atoms with Crippen LogP contribution in [0.4, 0.5) is 4.39 Å². The molecule has 0 aliphatic rings. The Bertz CT molecular complexity index is 617. The Hall–Kier alpha value is -2.47. The average Bonchev–Trinajstić information content (AvgIpc) is 2.53. The molecule has 0 spiro atoms. The number of hydrogen-bond acceptors (Lipinski definition) is 4. The lowest BCUT2D eigenvalue weighted by atomic mass is 10.1. The van der Waals surface area contributed by atoms with Crippen molar-refractivity contribution < 1.29 is 19.0 Å². The highest BCUT2D eigenvalue weighted by Gasteiger charge is 2.12. The number of ether oxygens (including phenoxy) is 1. The SMILES string of the molecule is COc1cccc(C(O)CNC(=O)c2ccc(F)nc2)c1. The Morgan fingerprint density at radius 2 is 2.24 bits per heavy atom. The molecular formula is C15H15FN2O3. The summed E-state index contributed by atoms with van der Waals surface area (Å²) in [6.07, 6.45) is 0.278. The molecule has 5 nitrogen and oxygen atoms in total. The van der Waals surface area contributed by atoms with Gasteiger partial charge in [-0.1, -0.05) is 12.1 Å². The summed E-state index contributed by atoms with van der Waals surface area (Å²) < 4.78 is 17.7. The second-order valence-electron chi connectivity index (χ2n) is 4.37. The van der Waals surface area contributed by atoms with Crippen molar-refractivity contribution >= 4 is 5.91 Å². The third-order valence-electron chi connectivity index (χ3n) is 2.92. The van der Waals surface area contributed by atoms with E-state index in [2.05, 4.69) is 10.3 Å². The van der Waals surface area contributed by atoms with E-state index in [0.29, 0.717) is 11.3 Å². The summed E-state index contributed by atoms with van der Waals surface area (Å²) in [6, 6.07) is 9.38. The first-order valence-corrected chi connectivity index (χ1v) is 6.32. The fourth-order valence-electron chi connectivity index (χ4n) is 1.77. The Kier molecular flexibility index (Phi) is 4.84. The molecule has 1 aromatic carbocycles. The van der Waals surface area contributed by atoms with E-state index < -0.39 is 18.0 Å². The molecule has 110 valence electrons. The predicted octanol–water partition coefficient (Wildman–Crippen LogP) is 1.69. The minimum Gasteiger partial charge on any atom is -0.497 e. The van der Waals surface area contributed by atoms with Gasteiger partial charge in [-0.05, 0) is 29.8 Å². The molecule has 2 rings (SSSR count). The van der Waals surface area contributed by atoms with Crippen LogP contribution in [0.15, 0.2) is 42.6 Å². The van der Waals surface area contributed by atoms with Crippen LogP contribution in [0, 0.1) is 5.95 Å². The molecule has 1 unspecified atom stereocenters. The van der Waals surface area contributed by atoms with Crippen molar-refractivity contribution in [2.75, 3.05) is 13.7 Å². The minimum absolute atomic E-state index is 0.0311. The van der Waals surface area contributed by atoms with Crippen LogP contribution in [0.2, 0.25) is 0 Å². The van der Waals surface area contributed by atoms with Crippen LogP contribution in [0.1, 0.15) is 22.0 Å². The monoisotopic (exact) mass is 290 g/mol. The summed E-state index contributed by atoms with van der Waals surface area (Å²) >= 11 is 0. The summed E-state index contributed by atoms with van der Waals surface area (Å²) in [6.45, 7) is 0.0311. The highest BCUT2D eigenvalue weighted by atomic mass is 19.1. The standard InChI is InChI=1S/C15H15FN2O3/c1-21-12-4-2-3-10(7-12)13(19)9-18-15(20)11-5-6-14(16)17-8-11/h2-8,13,19H,9H2,1H3,(H,18,20). The van der Waals surface area contributed by atoms with Crippen LogP contribution >= 0.6 is 0 Å². The number of aliphatic hydroxyl groups is 1. The van der Waals surface area contributed by atoms with Crippen LogP contribution in [0.3, 0.4) is 0 Å². The van der Waals surface area contributed by atoms with E-state index >= 15 is 0 Å². The Balaban J connectivity index is 1.95. The average molecular weight is 290 g/mol. The number of halogens is 1. The van der Waals surface area contributed by atoms with Gasteiger partial charge in [0.1, 0.15) is 5.75 Å². The summed E-state index contributed by atoms with van der Waals surface area (Å²) in [5.41, 5.74) is 0.862. The van der Waals surface area contributed by atoms with E-state index in [1.165, 1.54) is 13.2 Å². The van der Waals surface area contributed by atoms with E-state index in [1.807, 2.05) is 0 Å². The van der Waals surface area contributed by atoms with Gasteiger partial charge in [0.15, 0.2) is 0 Å². The van der Waals surface area contributed by atoms with Crippen LogP contribution < -0.4 is 10.1 Å². The van der Waals surface area contributed by atoms with Gasteiger partial charge >= 0.3 is 0 Å². The fourth-order valence-corrected chi connectivity index (χ4v) is 1.77. The summed E-state index contributed by atoms with van der Waals surface area (Å²) in [7, 11) is 1.54. The van der Waals surface area contributed by atoms with Gasteiger partial charge in [-0.25, -0.2) is 4.98 Å². The number of carbonyl (C=O) groups excluding carboxylic acids is 1. The molecule has 0 aliphatic carbocycles. The van der Waals surface area contributed by atoms with Crippen LogP contribution in [-0.4, -0.2) is 29.7 Å². The van der Waals surface area contributed by atoms with Crippen LogP contribution in [-0.2, 0) is 0 Å². The Morgan fingerprint density at radius 3 is 2.90 bits per heavy atom. The number of carbonyl (C=O) groups is 1. The quantitative estimate of drug-likeness (QED) is 0.822. The van der Waals surface area contributed by atoms with Crippen LogP contribution in [0.5, 0.6) is 5.75 Å². The highest BCUT2D eigenvalue weighted by molar-refractivity contribution is 5.93. The predicted molar refractivity (Wildman–Crippen MR) is 74.5 cm³/mol. The first-order valence-electron chi connectivity index (χ1n) is 6.32. The molecule has 1 atom stereocenters. The van der Waals surface area contributed by atoms with Crippen molar-refractivity contribution in [2.24, 2.45) is 0 Å². The molecule has 2 aromatic rings. The number of aromatic nitrogens is 1. The number of benzene rings is 1. The Morgan fingerprint density at radius 1 is 1.43 bits per heavy atom. The minimum atomic E-state index is -0.863. The molecule has 0 bridgehead atoms. The maximum absolute atomic E-state index is 12.7. The van der Waals surface area contributed by atoms with Gasteiger partial charge in [0.25, 0.3) is 5.91 Å². The molecule has 1 heterocycles. The number of nitrogens with one attached hydrogen (secondary N) is 1. The normalized spacial score (nSPS) is 11.8. The molecule has 2 N–H and O–H groups in total. The zero-order valence-corrected chi connectivity index (χ0v) is 11.4. The molecule has 0 radical (unpaired) electrons. The largest absolute Gasteiger partial charge is 0.497 e. The smallest absolute Gasteiger partial charge is 0.252 e. The summed E-state index contributed by atoms with van der Waals surface area (Å²) in [4.78, 5) is 15.2. The van der Waals surface area contributed by atoms with E-state index in [-0.39, 0.29) is 12.1 Å². The number of rotatable bonds is 5. The molecular weight excluding hydrogens is 275 g/mol. The zero-order chi connectivity index (χ0) is 15.2. The van der Waals surface area contributed by atoms with Crippen molar-refractivity contribution in [3.63, 3.8) is 0 Å². The van der Waals surface area contributed by atoms with E-state index in [9.17, 15) is 14.3 Å². The number of nitrogens with zero attached hydrogens (tertiary/aromatic N) is 1. The van der Waals surface area contributed by atoms with Gasteiger partial charge in [0.2, 0.25) is 5.95 Å². The molecule has 0 saturated carbocycles. The van der Waals surface area contributed by atoms with E-state index in [4.69, 9.17) is 4.74 Å². The maximum atomic E-state index is 12.7. The topological polar surface area (TPSA) is 71.5 Å². The lowest BCUT2D eigenvalue weighted by Crippen LogP contribution is -2.28. The molecule has 21 heavy (non-hydrogen) atoms. The first kappa shape index (κ1) is 14.9. The molecule has 6 heteroatoms. The summed E-state index contributed by atoms with van der Waals surface area (Å²) in [5.74, 6) is -0.451. The van der Waals surface area contributed by atoms with E-state index in [1.54, 1.807) is 24.3 Å². The van der Waals surface area contributed by atoms with Gasteiger partial charge in [-0.3, -0.25) is 4.79 Å². The number of amides is 1. The molecule has 0 fully saturated rings. The number of hydrogen-bond donors (Lipinski definition) is 2. The lowest BCUT2D eigenvalue weighted by molar-refractivity contribution is 0.0916. The van der Waals surface area contributed by atoms with Gasteiger partial charge < -0.3 is 15.2 Å². The van der Waals surface area contributed by atoms with Crippen molar-refractivity contribution in [3.8, 4) is 5.75 Å². The van der Waals surface area contributed by atoms with Crippen molar-refractivity contribution in [1.29, 1.82) is 0 Å². The van der Waals surface area contributed by atoms with Crippen molar-refractivity contribution in [2.45, 2.75) is 6.10 Å². The van der Waals surface area contributed by atoms with Crippen molar-refractivity contribution in [1.82, 2.24) is 10.3 Å². The lowest BCUT2D eigenvalue weighted by Gasteiger charge is -2.13. The van der Waals surface area contributed by atoms with Gasteiger partial charge in [-0.2, -0.15) is 4.39 Å². The third kappa shape index (κ3) is 4.00. The molecule has 0 aliphatic heterocycles. The number of pyridine rings is 1. The first-order chi connectivity index (χ1) is 10.1. The highest BCUT2D eigenvalue weighted by Crippen LogP contribution is 2.18. The summed E-state index contributed by atoms with van der Waals surface area (Å²) in [5, 5.41) is 12.6. The van der Waals surface area contributed by atoms with Crippen LogP contribution in [0.25, 0.3) is 0 Å². The maximum Gasteiger partial charge on any atom is 0.252 e. The third-order valence-corrected chi connectivity index (χ3v) is 2.92. The Labute approximate surface area is 121 Å². The van der Waals surface area contributed by atoms with Gasteiger partial charge in [0.05, 0.1) is 18.8 Å². The second kappa shape index (κ2) is 6.81. The van der Waals surface area contributed by atoms with E-state index in [0.717, 1.165) is 12.3 Å².